The Morgan fingerprint density at radius 2 is 1.74 bits per heavy atom. The lowest BCUT2D eigenvalue weighted by Gasteiger charge is -2.12. The Morgan fingerprint density at radius 1 is 1.15 bits per heavy atom. The lowest BCUT2D eigenvalue weighted by Crippen LogP contribution is -2.07. The molecule has 27 heavy (non-hydrogen) atoms. The molecule has 2 aromatic rings. The van der Waals surface area contributed by atoms with E-state index in [9.17, 15) is 13.2 Å². The summed E-state index contributed by atoms with van der Waals surface area (Å²) in [4.78, 5) is 3.72. The first-order valence-electron chi connectivity index (χ1n) is 6.74. The second kappa shape index (κ2) is 7.89. The number of aromatic nitrogens is 2. The highest BCUT2D eigenvalue weighted by atomic mass is 35.5. The van der Waals surface area contributed by atoms with Gasteiger partial charge in [-0.2, -0.15) is 28.8 Å². The molecule has 0 aliphatic carbocycles. The number of nitriles is 2. The fourth-order valence-corrected chi connectivity index (χ4v) is 2.75. The van der Waals surface area contributed by atoms with Crippen LogP contribution in [0.2, 0.25) is 15.2 Å². The summed E-state index contributed by atoms with van der Waals surface area (Å²) in [6.07, 6.45) is -3.53. The van der Waals surface area contributed by atoms with Crippen molar-refractivity contribution in [2.24, 2.45) is 10.7 Å². The largest absolute Gasteiger partial charge is 0.416 e. The number of benzene rings is 1. The summed E-state index contributed by atoms with van der Waals surface area (Å²) in [6, 6.07) is 5.89. The highest BCUT2D eigenvalue weighted by molar-refractivity contribution is 6.38. The maximum Gasteiger partial charge on any atom is 0.416 e. The van der Waals surface area contributed by atoms with E-state index in [0.717, 1.165) is 10.9 Å². The third-order valence-electron chi connectivity index (χ3n) is 3.05. The van der Waals surface area contributed by atoms with Gasteiger partial charge in [0.15, 0.2) is 5.70 Å². The maximum absolute atomic E-state index is 12.8. The van der Waals surface area contributed by atoms with Crippen LogP contribution in [0.25, 0.3) is 5.69 Å². The number of hydrogen-bond acceptors (Lipinski definition) is 5. The first kappa shape index (κ1) is 20.6. The van der Waals surface area contributed by atoms with E-state index in [1.165, 1.54) is 6.07 Å². The molecular formula is C15H6Cl3F3N6. The predicted molar refractivity (Wildman–Crippen MR) is 93.6 cm³/mol. The Labute approximate surface area is 165 Å². The quantitative estimate of drug-likeness (QED) is 0.569. The molecule has 0 radical (unpaired) electrons. The van der Waals surface area contributed by atoms with Gasteiger partial charge in [0, 0.05) is 6.07 Å². The van der Waals surface area contributed by atoms with Crippen LogP contribution in [-0.4, -0.2) is 16.0 Å². The molecule has 0 aliphatic heterocycles. The number of rotatable bonds is 3. The molecule has 1 aromatic carbocycles. The Kier molecular flexibility index (Phi) is 6.01. The molecule has 1 heterocycles. The monoisotopic (exact) mass is 432 g/mol. The van der Waals surface area contributed by atoms with Crippen molar-refractivity contribution in [1.29, 1.82) is 10.5 Å². The van der Waals surface area contributed by atoms with Gasteiger partial charge in [-0.25, -0.2) is 9.67 Å². The molecule has 12 heteroatoms. The van der Waals surface area contributed by atoms with Gasteiger partial charge in [-0.15, -0.1) is 0 Å². The number of allylic oxidation sites excluding steroid dienone is 2. The fraction of sp³-hybridized carbons (Fsp3) is 0.0667. The van der Waals surface area contributed by atoms with Gasteiger partial charge >= 0.3 is 6.18 Å². The van der Waals surface area contributed by atoms with E-state index in [2.05, 4.69) is 10.1 Å². The van der Waals surface area contributed by atoms with Gasteiger partial charge < -0.3 is 5.73 Å². The predicted octanol–water partition coefficient (Wildman–Crippen LogP) is 4.49. The number of alkyl halides is 3. The molecule has 138 valence electrons. The van der Waals surface area contributed by atoms with Gasteiger partial charge in [0.05, 0.1) is 21.8 Å². The summed E-state index contributed by atoms with van der Waals surface area (Å²) < 4.78 is 39.5. The average Bonchev–Trinajstić information content (AvgIpc) is 2.94. The van der Waals surface area contributed by atoms with E-state index in [0.29, 0.717) is 12.1 Å². The van der Waals surface area contributed by atoms with Crippen LogP contribution in [0.4, 0.5) is 13.2 Å². The van der Waals surface area contributed by atoms with Crippen LogP contribution in [0.15, 0.2) is 34.6 Å². The van der Waals surface area contributed by atoms with E-state index in [1.54, 1.807) is 12.1 Å². The minimum Gasteiger partial charge on any atom is -0.388 e. The minimum absolute atomic E-state index is 0.0317. The van der Waals surface area contributed by atoms with E-state index in [-0.39, 0.29) is 32.3 Å². The van der Waals surface area contributed by atoms with Crippen LogP contribution in [-0.2, 0) is 6.18 Å². The van der Waals surface area contributed by atoms with Gasteiger partial charge in [0.2, 0.25) is 0 Å². The number of halogens is 6. The number of hydrogen-bond donors (Lipinski definition) is 1. The molecule has 0 amide bonds. The van der Waals surface area contributed by atoms with Gasteiger partial charge in [-0.1, -0.05) is 34.8 Å². The van der Waals surface area contributed by atoms with Crippen LogP contribution in [0, 0.1) is 22.7 Å². The summed E-state index contributed by atoms with van der Waals surface area (Å²) in [7, 11) is 0. The molecule has 0 saturated carbocycles. The Bertz CT molecular complexity index is 1020. The fourth-order valence-electron chi connectivity index (χ4n) is 1.87. The molecule has 1 aromatic heterocycles. The Hall–Kier alpha value is -2.72. The van der Waals surface area contributed by atoms with Gasteiger partial charge in [0.25, 0.3) is 0 Å². The number of aliphatic imine (C=N–C) groups is 1. The van der Waals surface area contributed by atoms with E-state index in [1.807, 2.05) is 0 Å². The van der Waals surface area contributed by atoms with Crippen molar-refractivity contribution in [3.63, 3.8) is 0 Å². The van der Waals surface area contributed by atoms with E-state index < -0.39 is 17.4 Å². The second-order valence-electron chi connectivity index (χ2n) is 4.83. The standard InChI is InChI=1S/C15H6Cl3F3N6/c16-9-1-7(15(19,20)21)2-10(17)14(9)27-13(18)3-8(26-27)6-25-12(5-23)11(24)4-22/h1-3,6H,24H2/b12-11-,25-6+. The number of nitrogens with two attached hydrogens (primary N) is 1. The van der Waals surface area contributed by atoms with Gasteiger partial charge in [0.1, 0.15) is 34.4 Å². The smallest absolute Gasteiger partial charge is 0.388 e. The summed E-state index contributed by atoms with van der Waals surface area (Å²) in [5, 5.41) is 20.9. The number of nitrogens with zero attached hydrogens (tertiary/aromatic N) is 5. The lowest BCUT2D eigenvalue weighted by atomic mass is 10.2. The summed E-state index contributed by atoms with van der Waals surface area (Å²) >= 11 is 17.9. The van der Waals surface area contributed by atoms with Crippen molar-refractivity contribution in [3.8, 4) is 17.8 Å². The lowest BCUT2D eigenvalue weighted by molar-refractivity contribution is -0.137. The zero-order valence-electron chi connectivity index (χ0n) is 12.9. The van der Waals surface area contributed by atoms with Gasteiger partial charge in [-0.3, -0.25) is 0 Å². The summed E-state index contributed by atoms with van der Waals surface area (Å²) in [5.74, 6) is 0. The van der Waals surface area contributed by atoms with Crippen molar-refractivity contribution >= 4 is 41.0 Å². The van der Waals surface area contributed by atoms with Crippen LogP contribution in [0.3, 0.4) is 0 Å². The zero-order valence-corrected chi connectivity index (χ0v) is 15.2. The van der Waals surface area contributed by atoms with Gasteiger partial charge in [-0.05, 0) is 12.1 Å². The van der Waals surface area contributed by atoms with Crippen molar-refractivity contribution < 1.29 is 13.2 Å². The highest BCUT2D eigenvalue weighted by Crippen LogP contribution is 2.38. The highest BCUT2D eigenvalue weighted by Gasteiger charge is 2.32. The topological polar surface area (TPSA) is 104 Å². The Morgan fingerprint density at radius 3 is 2.22 bits per heavy atom. The van der Waals surface area contributed by atoms with Crippen molar-refractivity contribution in [2.75, 3.05) is 0 Å². The second-order valence-corrected chi connectivity index (χ2v) is 6.04. The SMILES string of the molecule is N#C/C(N)=C(C#N)/N=C/c1cc(Cl)n(-c2c(Cl)cc(C(F)(F)F)cc2Cl)n1. The molecule has 0 saturated heterocycles. The first-order valence-corrected chi connectivity index (χ1v) is 7.88. The van der Waals surface area contributed by atoms with E-state index >= 15 is 0 Å². The molecule has 2 N–H and O–H groups in total. The Balaban J connectivity index is 2.50. The van der Waals surface area contributed by atoms with E-state index in [4.69, 9.17) is 51.1 Å². The van der Waals surface area contributed by atoms with Crippen LogP contribution in [0.1, 0.15) is 11.3 Å². The normalized spacial score (nSPS) is 12.6. The third-order valence-corrected chi connectivity index (χ3v) is 3.89. The molecule has 0 fully saturated rings. The third kappa shape index (κ3) is 4.52. The van der Waals surface area contributed by atoms with Crippen LogP contribution >= 0.6 is 34.8 Å². The van der Waals surface area contributed by atoms with Crippen molar-refractivity contribution in [1.82, 2.24) is 9.78 Å². The average molecular weight is 434 g/mol. The van der Waals surface area contributed by atoms with Crippen molar-refractivity contribution in [2.45, 2.75) is 6.18 Å². The molecule has 0 aliphatic rings. The van der Waals surface area contributed by atoms with Crippen molar-refractivity contribution in [3.05, 3.63) is 56.0 Å². The minimum atomic E-state index is -4.63. The van der Waals surface area contributed by atoms with Crippen LogP contribution in [0.5, 0.6) is 0 Å². The molecule has 0 spiro atoms. The molecule has 2 rings (SSSR count). The van der Waals surface area contributed by atoms with Crippen LogP contribution < -0.4 is 5.73 Å². The molecule has 0 unspecified atom stereocenters. The summed E-state index contributed by atoms with van der Waals surface area (Å²) in [6.45, 7) is 0. The molecule has 0 atom stereocenters. The summed E-state index contributed by atoms with van der Waals surface area (Å²) in [5.41, 5.74) is 3.60. The molecule has 6 nitrogen and oxygen atoms in total. The molecular weight excluding hydrogens is 428 g/mol. The zero-order chi connectivity index (χ0) is 20.4. The maximum atomic E-state index is 12.8. The first-order chi connectivity index (χ1) is 12.6. The molecule has 0 bridgehead atoms.